The molecule has 0 bridgehead atoms. The number of benzene rings is 1. The first-order chi connectivity index (χ1) is 16.3. The summed E-state index contributed by atoms with van der Waals surface area (Å²) in [6, 6.07) is 9.52. The fraction of sp³-hybridized carbons (Fsp3) is 0.280. The highest BCUT2D eigenvalue weighted by atomic mass is 32.1. The number of thiophene rings is 1. The van der Waals surface area contributed by atoms with Crippen LogP contribution >= 0.6 is 11.3 Å². The summed E-state index contributed by atoms with van der Waals surface area (Å²) >= 11 is 1.31. The van der Waals surface area contributed by atoms with E-state index in [1.807, 2.05) is 44.2 Å². The number of pyridine rings is 1. The molecule has 4 heterocycles. The molecular formula is C25H24N4O4S. The van der Waals surface area contributed by atoms with Crippen LogP contribution in [-0.2, 0) is 18.3 Å². The summed E-state index contributed by atoms with van der Waals surface area (Å²) in [6.45, 7) is 8.19. The smallest absolute Gasteiger partial charge is 0.282 e. The van der Waals surface area contributed by atoms with Gasteiger partial charge in [-0.2, -0.15) is 0 Å². The summed E-state index contributed by atoms with van der Waals surface area (Å²) in [7, 11) is 1.44. The van der Waals surface area contributed by atoms with Crippen molar-refractivity contribution in [2.24, 2.45) is 7.05 Å². The highest BCUT2D eigenvalue weighted by Crippen LogP contribution is 2.34. The third-order valence-electron chi connectivity index (χ3n) is 6.03. The van der Waals surface area contributed by atoms with Crippen LogP contribution in [0, 0.1) is 0 Å². The number of amides is 1. The van der Waals surface area contributed by atoms with Crippen molar-refractivity contribution < 1.29 is 9.63 Å². The summed E-state index contributed by atoms with van der Waals surface area (Å²) in [6.07, 6.45) is 2.15. The van der Waals surface area contributed by atoms with Crippen LogP contribution < -0.4 is 11.2 Å². The molecule has 0 radical (unpaired) electrons. The maximum absolute atomic E-state index is 13.7. The first-order valence-corrected chi connectivity index (χ1v) is 11.8. The van der Waals surface area contributed by atoms with Crippen LogP contribution in [0.25, 0.3) is 21.1 Å². The number of hydrogen-bond acceptors (Lipinski definition) is 6. The van der Waals surface area contributed by atoms with E-state index in [4.69, 9.17) is 4.84 Å². The molecular weight excluding hydrogens is 452 g/mol. The minimum absolute atomic E-state index is 0.194. The Morgan fingerprint density at radius 2 is 2.00 bits per heavy atom. The Morgan fingerprint density at radius 3 is 2.71 bits per heavy atom. The highest BCUT2D eigenvalue weighted by Gasteiger charge is 2.32. The SMILES string of the molecule is C=C1CON(C(=O)c2c(Cc3ccnc4ccccc34)sc3c2c(=O)n(C)c(=O)n3C(C)C)C1. The van der Waals surface area contributed by atoms with E-state index in [2.05, 4.69) is 11.6 Å². The van der Waals surface area contributed by atoms with Gasteiger partial charge in [0.25, 0.3) is 11.5 Å². The molecule has 1 aromatic carbocycles. The van der Waals surface area contributed by atoms with Crippen molar-refractivity contribution in [2.75, 3.05) is 13.2 Å². The molecule has 1 aliphatic heterocycles. The Balaban J connectivity index is 1.80. The minimum atomic E-state index is -0.486. The van der Waals surface area contributed by atoms with Gasteiger partial charge >= 0.3 is 5.69 Å². The zero-order chi connectivity index (χ0) is 24.1. The van der Waals surface area contributed by atoms with Crippen LogP contribution in [0.2, 0.25) is 0 Å². The van der Waals surface area contributed by atoms with Crippen molar-refractivity contribution >= 4 is 38.4 Å². The molecule has 0 N–H and O–H groups in total. The fourth-order valence-corrected chi connectivity index (χ4v) is 5.77. The topological polar surface area (TPSA) is 86.4 Å². The predicted molar refractivity (Wildman–Crippen MR) is 132 cm³/mol. The van der Waals surface area contributed by atoms with Crippen molar-refractivity contribution in [3.05, 3.63) is 85.5 Å². The second kappa shape index (κ2) is 8.34. The van der Waals surface area contributed by atoms with Crippen molar-refractivity contribution in [3.8, 4) is 0 Å². The molecule has 34 heavy (non-hydrogen) atoms. The lowest BCUT2D eigenvalue weighted by Gasteiger charge is -2.15. The molecule has 0 atom stereocenters. The third kappa shape index (κ3) is 3.48. The van der Waals surface area contributed by atoms with E-state index in [9.17, 15) is 14.4 Å². The molecule has 174 valence electrons. The molecule has 1 saturated heterocycles. The van der Waals surface area contributed by atoms with E-state index in [0.717, 1.165) is 26.6 Å². The molecule has 0 spiro atoms. The lowest BCUT2D eigenvalue weighted by atomic mass is 10.0. The van der Waals surface area contributed by atoms with E-state index >= 15 is 0 Å². The van der Waals surface area contributed by atoms with Crippen molar-refractivity contribution in [1.82, 2.24) is 19.2 Å². The van der Waals surface area contributed by atoms with Crippen molar-refractivity contribution in [3.63, 3.8) is 0 Å². The first kappa shape index (κ1) is 22.2. The van der Waals surface area contributed by atoms with Gasteiger partial charge in [-0.3, -0.25) is 28.5 Å². The van der Waals surface area contributed by atoms with Gasteiger partial charge in [0.2, 0.25) is 0 Å². The minimum Gasteiger partial charge on any atom is -0.282 e. The van der Waals surface area contributed by atoms with E-state index in [1.54, 1.807) is 10.8 Å². The molecule has 0 aliphatic carbocycles. The van der Waals surface area contributed by atoms with Crippen LogP contribution in [0.15, 0.2) is 58.3 Å². The van der Waals surface area contributed by atoms with Gasteiger partial charge in [0, 0.05) is 36.0 Å². The lowest BCUT2D eigenvalue weighted by Crippen LogP contribution is -2.39. The number of carbonyl (C=O) groups is 1. The maximum atomic E-state index is 13.7. The van der Waals surface area contributed by atoms with Crippen LogP contribution in [0.4, 0.5) is 0 Å². The molecule has 0 unspecified atom stereocenters. The summed E-state index contributed by atoms with van der Waals surface area (Å²) in [5.41, 5.74) is 2.00. The van der Waals surface area contributed by atoms with Gasteiger partial charge in [-0.1, -0.05) is 24.8 Å². The second-order valence-corrected chi connectivity index (χ2v) is 9.80. The molecule has 1 fully saturated rings. The van der Waals surface area contributed by atoms with Crippen LogP contribution in [0.5, 0.6) is 0 Å². The van der Waals surface area contributed by atoms with E-state index in [-0.39, 0.29) is 30.1 Å². The van der Waals surface area contributed by atoms with Gasteiger partial charge in [-0.25, -0.2) is 9.86 Å². The molecule has 8 nitrogen and oxygen atoms in total. The number of fused-ring (bicyclic) bond motifs is 2. The maximum Gasteiger partial charge on any atom is 0.332 e. The van der Waals surface area contributed by atoms with Gasteiger partial charge in [-0.05, 0) is 37.1 Å². The number of nitrogens with zero attached hydrogens (tertiary/aromatic N) is 4. The standard InChI is InChI=1S/C25H24N4O4S/c1-14(2)29-24-21(22(30)27(4)25(29)32)20(23(31)28-12-15(3)13-33-28)19(34-24)11-16-9-10-26-18-8-6-5-7-17(16)18/h5-10,14H,3,11-13H2,1-2,4H3. The van der Waals surface area contributed by atoms with Crippen LogP contribution in [-0.4, -0.2) is 38.2 Å². The Kier molecular flexibility index (Phi) is 5.45. The summed E-state index contributed by atoms with van der Waals surface area (Å²) in [5.74, 6) is -0.399. The first-order valence-electron chi connectivity index (χ1n) is 11.0. The van der Waals surface area contributed by atoms with Gasteiger partial charge in [0.1, 0.15) is 4.83 Å². The van der Waals surface area contributed by atoms with Crippen molar-refractivity contribution in [1.29, 1.82) is 0 Å². The number of hydrogen-bond donors (Lipinski definition) is 0. The lowest BCUT2D eigenvalue weighted by molar-refractivity contribution is -0.0763. The summed E-state index contributed by atoms with van der Waals surface area (Å²) in [4.78, 5) is 51.2. The molecule has 3 aromatic heterocycles. The van der Waals surface area contributed by atoms with Gasteiger partial charge in [-0.15, -0.1) is 11.3 Å². The van der Waals surface area contributed by atoms with E-state index < -0.39 is 17.2 Å². The van der Waals surface area contributed by atoms with Gasteiger partial charge in [0.05, 0.1) is 29.6 Å². The van der Waals surface area contributed by atoms with Gasteiger partial charge in [0.15, 0.2) is 0 Å². The van der Waals surface area contributed by atoms with Crippen LogP contribution in [0.1, 0.15) is 40.7 Å². The van der Waals surface area contributed by atoms with Gasteiger partial charge < -0.3 is 0 Å². The number of rotatable bonds is 4. The average molecular weight is 477 g/mol. The molecule has 1 amide bonds. The Hall–Kier alpha value is -3.56. The molecule has 0 saturated carbocycles. The number of carbonyl (C=O) groups excluding carboxylic acids is 1. The van der Waals surface area contributed by atoms with Crippen molar-refractivity contribution in [2.45, 2.75) is 26.3 Å². The molecule has 1 aliphatic rings. The Morgan fingerprint density at radius 1 is 1.24 bits per heavy atom. The number of para-hydroxylation sites is 1. The Labute approximate surface area is 199 Å². The average Bonchev–Trinajstić information content (AvgIpc) is 3.41. The third-order valence-corrected chi connectivity index (χ3v) is 7.22. The summed E-state index contributed by atoms with van der Waals surface area (Å²) in [5, 5.41) is 2.48. The zero-order valence-electron chi connectivity index (χ0n) is 19.2. The zero-order valence-corrected chi connectivity index (χ0v) is 20.0. The van der Waals surface area contributed by atoms with E-state index in [1.165, 1.54) is 23.4 Å². The number of aromatic nitrogens is 3. The van der Waals surface area contributed by atoms with E-state index in [0.29, 0.717) is 16.1 Å². The Bertz CT molecular complexity index is 1590. The molecule has 4 aromatic rings. The largest absolute Gasteiger partial charge is 0.332 e. The second-order valence-electron chi connectivity index (χ2n) is 8.72. The monoisotopic (exact) mass is 476 g/mol. The highest BCUT2D eigenvalue weighted by molar-refractivity contribution is 7.19. The molecule has 9 heteroatoms. The normalized spacial score (nSPS) is 14.1. The quantitative estimate of drug-likeness (QED) is 0.421. The summed E-state index contributed by atoms with van der Waals surface area (Å²) < 4.78 is 2.65. The van der Waals surface area contributed by atoms with Crippen LogP contribution in [0.3, 0.4) is 0 Å². The fourth-order valence-electron chi connectivity index (χ4n) is 4.34. The molecule has 5 rings (SSSR count). The number of hydroxylamine groups is 2. The predicted octanol–water partition coefficient (Wildman–Crippen LogP) is 3.43.